The van der Waals surface area contributed by atoms with Crippen LogP contribution >= 0.6 is 0 Å². The zero-order valence-electron chi connectivity index (χ0n) is 14.2. The number of esters is 1. The molecule has 1 N–H and O–H groups in total. The van der Waals surface area contributed by atoms with Crippen molar-refractivity contribution in [3.05, 3.63) is 17.6 Å². The topological polar surface area (TPSA) is 64.1 Å². The van der Waals surface area contributed by atoms with Crippen molar-refractivity contribution in [2.75, 3.05) is 5.32 Å². The zero-order chi connectivity index (χ0) is 16.2. The van der Waals surface area contributed by atoms with Crippen LogP contribution in [-0.2, 0) is 9.53 Å². The van der Waals surface area contributed by atoms with Crippen LogP contribution in [0.3, 0.4) is 0 Å². The summed E-state index contributed by atoms with van der Waals surface area (Å²) in [5, 5.41) is 3.19. The monoisotopic (exact) mass is 293 g/mol. The third kappa shape index (κ3) is 6.56. The summed E-state index contributed by atoms with van der Waals surface area (Å²) >= 11 is 0. The highest BCUT2D eigenvalue weighted by Crippen LogP contribution is 2.17. The van der Waals surface area contributed by atoms with Crippen LogP contribution in [0.1, 0.15) is 52.6 Å². The van der Waals surface area contributed by atoms with E-state index in [1.54, 1.807) is 0 Å². The third-order valence-electron chi connectivity index (χ3n) is 2.69. The number of ether oxygens (including phenoxy) is 1. The van der Waals surface area contributed by atoms with Gasteiger partial charge in [0.2, 0.25) is 0 Å². The second kappa shape index (κ2) is 6.87. The number of carbonyl (C=O) groups is 1. The second-order valence-corrected chi connectivity index (χ2v) is 6.80. The summed E-state index contributed by atoms with van der Waals surface area (Å²) in [6.07, 6.45) is 0.691. The third-order valence-corrected chi connectivity index (χ3v) is 2.69. The lowest BCUT2D eigenvalue weighted by molar-refractivity contribution is -0.156. The molecule has 1 rings (SSSR count). The molecule has 21 heavy (non-hydrogen) atoms. The molecule has 0 fully saturated rings. The number of carbonyl (C=O) groups excluding carboxylic acids is 1. The minimum Gasteiger partial charge on any atom is -0.458 e. The van der Waals surface area contributed by atoms with E-state index in [2.05, 4.69) is 29.1 Å². The van der Waals surface area contributed by atoms with Crippen LogP contribution in [0.15, 0.2) is 6.07 Å². The number of hydrogen-bond acceptors (Lipinski definition) is 5. The summed E-state index contributed by atoms with van der Waals surface area (Å²) in [6, 6.07) is 1.43. The minimum absolute atomic E-state index is 0.245. The Morgan fingerprint density at radius 2 is 1.90 bits per heavy atom. The molecule has 0 aliphatic rings. The quantitative estimate of drug-likeness (QED) is 0.844. The second-order valence-electron chi connectivity index (χ2n) is 6.80. The molecule has 1 unspecified atom stereocenters. The van der Waals surface area contributed by atoms with E-state index in [9.17, 15) is 4.79 Å². The molecule has 0 aliphatic heterocycles. The first kappa shape index (κ1) is 17.4. The molecule has 0 bridgehead atoms. The maximum atomic E-state index is 12.3. The SMILES string of the molecule is Cc1cc(NC(CC(C)C)C(=O)OC(C)(C)C)nc(C)n1. The Morgan fingerprint density at radius 3 is 2.38 bits per heavy atom. The van der Waals surface area contributed by atoms with E-state index in [4.69, 9.17) is 4.74 Å². The fourth-order valence-electron chi connectivity index (χ4n) is 2.03. The highest BCUT2D eigenvalue weighted by atomic mass is 16.6. The summed E-state index contributed by atoms with van der Waals surface area (Å²) in [7, 11) is 0. The van der Waals surface area contributed by atoms with Crippen LogP contribution in [0.4, 0.5) is 5.82 Å². The molecule has 0 spiro atoms. The van der Waals surface area contributed by atoms with Crippen molar-refractivity contribution in [3.8, 4) is 0 Å². The van der Waals surface area contributed by atoms with Crippen LogP contribution in [0.2, 0.25) is 0 Å². The highest BCUT2D eigenvalue weighted by Gasteiger charge is 2.26. The smallest absolute Gasteiger partial charge is 0.329 e. The number of nitrogens with one attached hydrogen (secondary N) is 1. The van der Waals surface area contributed by atoms with E-state index in [0.717, 1.165) is 5.69 Å². The molecule has 0 aliphatic carbocycles. The van der Waals surface area contributed by atoms with E-state index in [1.807, 2.05) is 40.7 Å². The van der Waals surface area contributed by atoms with Gasteiger partial charge in [-0.15, -0.1) is 0 Å². The van der Waals surface area contributed by atoms with Gasteiger partial charge in [-0.1, -0.05) is 13.8 Å². The van der Waals surface area contributed by atoms with Gasteiger partial charge in [-0.25, -0.2) is 14.8 Å². The lowest BCUT2D eigenvalue weighted by Gasteiger charge is -2.25. The van der Waals surface area contributed by atoms with Gasteiger partial charge in [-0.05, 0) is 47.0 Å². The molecule has 0 amide bonds. The Balaban J connectivity index is 2.89. The van der Waals surface area contributed by atoms with Crippen molar-refractivity contribution in [3.63, 3.8) is 0 Å². The predicted molar refractivity (Wildman–Crippen MR) is 84.2 cm³/mol. The normalized spacial score (nSPS) is 13.1. The van der Waals surface area contributed by atoms with Gasteiger partial charge in [0.05, 0.1) is 0 Å². The van der Waals surface area contributed by atoms with Gasteiger partial charge in [0.15, 0.2) is 0 Å². The maximum absolute atomic E-state index is 12.3. The van der Waals surface area contributed by atoms with Crippen LogP contribution in [0, 0.1) is 19.8 Å². The molecule has 1 aromatic heterocycles. The first-order valence-corrected chi connectivity index (χ1v) is 7.38. The van der Waals surface area contributed by atoms with Crippen molar-refractivity contribution >= 4 is 11.8 Å². The predicted octanol–water partition coefficient (Wildman–Crippen LogP) is 3.26. The Bertz CT molecular complexity index is 473. The van der Waals surface area contributed by atoms with Crippen molar-refractivity contribution < 1.29 is 9.53 Å². The van der Waals surface area contributed by atoms with Gasteiger partial charge in [0.25, 0.3) is 0 Å². The number of hydrogen-bond donors (Lipinski definition) is 1. The maximum Gasteiger partial charge on any atom is 0.329 e. The van der Waals surface area contributed by atoms with Gasteiger partial charge in [0.1, 0.15) is 23.3 Å². The lowest BCUT2D eigenvalue weighted by Crippen LogP contribution is -2.37. The van der Waals surface area contributed by atoms with E-state index < -0.39 is 11.6 Å². The zero-order valence-corrected chi connectivity index (χ0v) is 14.2. The molecule has 5 heteroatoms. The van der Waals surface area contributed by atoms with Gasteiger partial charge in [0, 0.05) is 11.8 Å². The Labute approximate surface area is 127 Å². The van der Waals surface area contributed by atoms with Crippen LogP contribution in [-0.4, -0.2) is 27.6 Å². The molecule has 1 atom stereocenters. The minimum atomic E-state index is -0.495. The molecule has 0 saturated carbocycles. The largest absolute Gasteiger partial charge is 0.458 e. The van der Waals surface area contributed by atoms with E-state index in [0.29, 0.717) is 24.0 Å². The first-order valence-electron chi connectivity index (χ1n) is 7.38. The standard InChI is InChI=1S/C16H27N3O2/c1-10(2)8-13(15(20)21-16(5,6)7)19-14-9-11(3)17-12(4)18-14/h9-10,13H,8H2,1-7H3,(H,17,18,19). The number of aryl methyl sites for hydroxylation is 2. The van der Waals surface area contributed by atoms with Crippen molar-refractivity contribution in [2.45, 2.75) is 66.5 Å². The molecule has 0 aromatic carbocycles. The number of rotatable bonds is 5. The van der Waals surface area contributed by atoms with Crippen molar-refractivity contribution in [1.29, 1.82) is 0 Å². The van der Waals surface area contributed by atoms with Crippen LogP contribution in [0.5, 0.6) is 0 Å². The summed E-state index contributed by atoms with van der Waals surface area (Å²) in [6.45, 7) is 13.5. The summed E-state index contributed by atoms with van der Waals surface area (Å²) in [5.74, 6) is 1.48. The van der Waals surface area contributed by atoms with Gasteiger partial charge >= 0.3 is 5.97 Å². The molecule has 0 radical (unpaired) electrons. The van der Waals surface area contributed by atoms with E-state index in [-0.39, 0.29) is 5.97 Å². The highest BCUT2D eigenvalue weighted by molar-refractivity contribution is 5.79. The first-order chi connectivity index (χ1) is 9.56. The average Bonchev–Trinajstić information content (AvgIpc) is 2.23. The fourth-order valence-corrected chi connectivity index (χ4v) is 2.03. The Hall–Kier alpha value is -1.65. The van der Waals surface area contributed by atoms with Crippen LogP contribution < -0.4 is 5.32 Å². The Morgan fingerprint density at radius 1 is 1.29 bits per heavy atom. The van der Waals surface area contributed by atoms with Crippen molar-refractivity contribution in [1.82, 2.24) is 9.97 Å². The average molecular weight is 293 g/mol. The van der Waals surface area contributed by atoms with Gasteiger partial charge in [-0.2, -0.15) is 0 Å². The molecule has 1 aromatic rings. The molecule has 118 valence electrons. The number of aromatic nitrogens is 2. The van der Waals surface area contributed by atoms with Gasteiger partial charge < -0.3 is 10.1 Å². The summed E-state index contributed by atoms with van der Waals surface area (Å²) in [5.41, 5.74) is 0.378. The molecular weight excluding hydrogens is 266 g/mol. The molecule has 0 saturated heterocycles. The molecule has 1 heterocycles. The Kier molecular flexibility index (Phi) is 5.70. The van der Waals surface area contributed by atoms with Crippen LogP contribution in [0.25, 0.3) is 0 Å². The molecule has 5 nitrogen and oxygen atoms in total. The fraction of sp³-hybridized carbons (Fsp3) is 0.688. The summed E-state index contributed by atoms with van der Waals surface area (Å²) in [4.78, 5) is 20.9. The van der Waals surface area contributed by atoms with E-state index >= 15 is 0 Å². The van der Waals surface area contributed by atoms with Crippen molar-refractivity contribution in [2.24, 2.45) is 5.92 Å². The summed E-state index contributed by atoms with van der Waals surface area (Å²) < 4.78 is 5.49. The lowest BCUT2D eigenvalue weighted by atomic mass is 10.0. The number of nitrogens with zero attached hydrogens (tertiary/aromatic N) is 2. The van der Waals surface area contributed by atoms with Gasteiger partial charge in [-0.3, -0.25) is 0 Å². The van der Waals surface area contributed by atoms with E-state index in [1.165, 1.54) is 0 Å². The number of anilines is 1. The molecular formula is C16H27N3O2.